The van der Waals surface area contributed by atoms with E-state index in [0.29, 0.717) is 36.6 Å². The second-order valence-electron chi connectivity index (χ2n) is 12.3. The summed E-state index contributed by atoms with van der Waals surface area (Å²) in [4.78, 5) is 16.5. The number of carbonyl (C=O) groups is 1. The lowest BCUT2D eigenvalue weighted by molar-refractivity contribution is -0.186. The predicted molar refractivity (Wildman–Crippen MR) is 135 cm³/mol. The van der Waals surface area contributed by atoms with Crippen LogP contribution >= 0.6 is 0 Å². The smallest absolute Gasteiger partial charge is 0.165 e. The van der Waals surface area contributed by atoms with Gasteiger partial charge in [-0.3, -0.25) is 9.69 Å². The van der Waals surface area contributed by atoms with Gasteiger partial charge < -0.3 is 14.9 Å². The number of phenols is 1. The molecule has 7 aliphatic rings. The summed E-state index contributed by atoms with van der Waals surface area (Å²) in [5, 5.41) is 23.2. The first kappa shape index (κ1) is 21.5. The molecular weight excluding hydrogens is 450 g/mol. The van der Waals surface area contributed by atoms with E-state index in [1.165, 1.54) is 18.4 Å². The average molecular weight is 484 g/mol. The molecule has 4 bridgehead atoms. The van der Waals surface area contributed by atoms with Crippen LogP contribution in [0.15, 0.2) is 54.1 Å². The van der Waals surface area contributed by atoms with Gasteiger partial charge in [0.05, 0.1) is 5.41 Å². The summed E-state index contributed by atoms with van der Waals surface area (Å²) in [7, 11) is 0. The largest absolute Gasteiger partial charge is 0.504 e. The van der Waals surface area contributed by atoms with Crippen LogP contribution in [0.25, 0.3) is 0 Å². The molecule has 9 rings (SSSR count). The molecule has 2 aliphatic heterocycles. The summed E-state index contributed by atoms with van der Waals surface area (Å²) < 4.78 is 6.60. The number of aryl methyl sites for hydroxylation is 1. The van der Waals surface area contributed by atoms with E-state index >= 15 is 0 Å². The number of aromatic hydroxyl groups is 1. The normalized spacial score (nSPS) is 37.3. The second kappa shape index (κ2) is 7.02. The van der Waals surface area contributed by atoms with Gasteiger partial charge in [-0.2, -0.15) is 0 Å². The molecule has 186 valence electrons. The van der Waals surface area contributed by atoms with Crippen LogP contribution in [-0.2, 0) is 23.1 Å². The van der Waals surface area contributed by atoms with Crippen molar-refractivity contribution in [2.24, 2.45) is 11.3 Å². The number of ketones is 1. The molecule has 1 saturated heterocycles. The zero-order valence-electron chi connectivity index (χ0n) is 20.6. The first-order valence-corrected chi connectivity index (χ1v) is 13.8. The van der Waals surface area contributed by atoms with Crippen LogP contribution in [0, 0.1) is 11.3 Å². The molecule has 0 unspecified atom stereocenters. The summed E-state index contributed by atoms with van der Waals surface area (Å²) in [6.45, 7) is 2.11. The summed E-state index contributed by atoms with van der Waals surface area (Å²) in [6.07, 6.45) is 8.61. The Morgan fingerprint density at radius 2 is 1.92 bits per heavy atom. The highest BCUT2D eigenvalue weighted by atomic mass is 16.5. The molecule has 0 amide bonds. The Morgan fingerprint density at radius 3 is 2.72 bits per heavy atom. The van der Waals surface area contributed by atoms with Gasteiger partial charge in [-0.1, -0.05) is 42.5 Å². The maximum atomic E-state index is 13.8. The number of nitrogens with zero attached hydrogens (tertiary/aromatic N) is 1. The summed E-state index contributed by atoms with van der Waals surface area (Å²) in [5.41, 5.74) is 2.13. The van der Waals surface area contributed by atoms with Crippen molar-refractivity contribution in [2.75, 3.05) is 13.1 Å². The van der Waals surface area contributed by atoms with Gasteiger partial charge in [0.2, 0.25) is 0 Å². The van der Waals surface area contributed by atoms with Gasteiger partial charge in [-0.25, -0.2) is 0 Å². The topological polar surface area (TPSA) is 70.0 Å². The maximum absolute atomic E-state index is 13.8. The van der Waals surface area contributed by atoms with E-state index in [0.717, 1.165) is 49.4 Å². The molecule has 2 spiro atoms. The predicted octanol–water partition coefficient (Wildman–Crippen LogP) is 4.08. The number of carbonyl (C=O) groups excluding carboxylic acids is 1. The molecule has 5 aliphatic carbocycles. The minimum Gasteiger partial charge on any atom is -0.504 e. The Labute approximate surface area is 211 Å². The van der Waals surface area contributed by atoms with Crippen LogP contribution in [0.4, 0.5) is 0 Å². The first-order valence-electron chi connectivity index (χ1n) is 13.8. The van der Waals surface area contributed by atoms with Gasteiger partial charge >= 0.3 is 0 Å². The van der Waals surface area contributed by atoms with Gasteiger partial charge in [0.15, 0.2) is 17.3 Å². The molecule has 5 nitrogen and oxygen atoms in total. The highest BCUT2D eigenvalue weighted by Gasteiger charge is 2.78. The van der Waals surface area contributed by atoms with Crippen molar-refractivity contribution in [3.63, 3.8) is 0 Å². The third-order valence-electron chi connectivity index (χ3n) is 10.6. The van der Waals surface area contributed by atoms with E-state index in [9.17, 15) is 15.0 Å². The lowest BCUT2D eigenvalue weighted by atomic mass is 9.37. The van der Waals surface area contributed by atoms with Crippen molar-refractivity contribution in [1.82, 2.24) is 4.90 Å². The van der Waals surface area contributed by atoms with Crippen molar-refractivity contribution >= 4 is 5.78 Å². The molecule has 0 radical (unpaired) electrons. The van der Waals surface area contributed by atoms with E-state index < -0.39 is 11.7 Å². The fourth-order valence-electron chi connectivity index (χ4n) is 8.91. The van der Waals surface area contributed by atoms with Crippen LogP contribution in [0.1, 0.15) is 55.2 Å². The van der Waals surface area contributed by atoms with E-state index in [2.05, 4.69) is 29.2 Å². The SMILES string of the molecule is O=C(CCc1ccccc1)C1=C[C@@]23CC[C@]1(O)[C@@H]1Oc4c(O)ccc5c4[C@@]12CCN(CC1CC1)[C@@H]3C5. The van der Waals surface area contributed by atoms with Crippen LogP contribution < -0.4 is 4.74 Å². The highest BCUT2D eigenvalue weighted by Crippen LogP contribution is 2.74. The number of benzene rings is 2. The Hall–Kier alpha value is -2.63. The number of ether oxygens (including phenoxy) is 1. The van der Waals surface area contributed by atoms with Gasteiger partial charge in [-0.15, -0.1) is 0 Å². The first-order chi connectivity index (χ1) is 17.5. The quantitative estimate of drug-likeness (QED) is 0.648. The lowest BCUT2D eigenvalue weighted by Gasteiger charge is -2.70. The minimum atomic E-state index is -1.32. The van der Waals surface area contributed by atoms with Crippen molar-refractivity contribution < 1.29 is 19.7 Å². The van der Waals surface area contributed by atoms with Crippen LogP contribution in [0.3, 0.4) is 0 Å². The monoisotopic (exact) mass is 483 g/mol. The van der Waals surface area contributed by atoms with Gasteiger partial charge in [-0.05, 0) is 74.6 Å². The number of likely N-dealkylation sites (tertiary alicyclic amines) is 1. The van der Waals surface area contributed by atoms with Crippen molar-refractivity contribution in [2.45, 2.75) is 74.5 Å². The van der Waals surface area contributed by atoms with E-state index in [1.54, 1.807) is 6.07 Å². The van der Waals surface area contributed by atoms with Gasteiger partial charge in [0.1, 0.15) is 11.7 Å². The number of hydrogen-bond donors (Lipinski definition) is 2. The molecule has 2 saturated carbocycles. The van der Waals surface area contributed by atoms with Crippen molar-refractivity contribution in [3.05, 3.63) is 70.8 Å². The number of piperidine rings is 1. The minimum absolute atomic E-state index is 0.0386. The van der Waals surface area contributed by atoms with Gasteiger partial charge in [0.25, 0.3) is 0 Å². The average Bonchev–Trinajstić information content (AvgIpc) is 3.63. The number of hydrogen-bond acceptors (Lipinski definition) is 5. The summed E-state index contributed by atoms with van der Waals surface area (Å²) in [5.74, 6) is 1.55. The Kier molecular flexibility index (Phi) is 4.18. The maximum Gasteiger partial charge on any atom is 0.165 e. The molecule has 2 aromatic rings. The van der Waals surface area contributed by atoms with Crippen molar-refractivity contribution in [3.8, 4) is 11.5 Å². The molecule has 2 aromatic carbocycles. The molecular formula is C31H33NO4. The number of fused-ring (bicyclic) bond motifs is 1. The molecule has 2 N–H and O–H groups in total. The van der Waals surface area contributed by atoms with Crippen molar-refractivity contribution in [1.29, 1.82) is 0 Å². The third kappa shape index (κ3) is 2.51. The molecule has 5 heteroatoms. The van der Waals surface area contributed by atoms with E-state index in [1.807, 2.05) is 18.2 Å². The zero-order chi connectivity index (χ0) is 24.3. The highest BCUT2D eigenvalue weighted by molar-refractivity contribution is 5.99. The Balaban J connectivity index is 1.27. The summed E-state index contributed by atoms with van der Waals surface area (Å²) >= 11 is 0. The summed E-state index contributed by atoms with van der Waals surface area (Å²) in [6, 6.07) is 14.2. The van der Waals surface area contributed by atoms with Crippen LogP contribution in [-0.4, -0.2) is 51.7 Å². The number of Topliss-reactive ketones (excluding diaryl/α,β-unsaturated/α-hetero) is 1. The molecule has 3 fully saturated rings. The molecule has 2 heterocycles. The number of aliphatic hydroxyl groups is 1. The number of rotatable bonds is 6. The third-order valence-corrected chi connectivity index (χ3v) is 10.6. The lowest BCUT2D eigenvalue weighted by Crippen LogP contribution is -2.78. The second-order valence-corrected chi connectivity index (χ2v) is 12.3. The fourth-order valence-corrected chi connectivity index (χ4v) is 8.91. The van der Waals surface area contributed by atoms with E-state index in [4.69, 9.17) is 4.74 Å². The molecule has 5 atom stereocenters. The standard InChI is InChI=1S/C31H33NO4/c33-23(10-8-19-4-2-1-3-5-19)22-17-29-12-13-31(22,35)28-30(29)14-15-32(18-20-6-7-20)25(29)16-21-9-11-24(34)27(36-28)26(21)30/h1-5,9,11,17,20,25,28,34-35H,6-8,10,12-16,18H2/t25-,28-,29-,30+,31-/m1/s1. The Morgan fingerprint density at radius 1 is 1.08 bits per heavy atom. The van der Waals surface area contributed by atoms with Gasteiger partial charge in [0, 0.05) is 35.6 Å². The fraction of sp³-hybridized carbons (Fsp3) is 0.516. The van der Waals surface area contributed by atoms with Crippen LogP contribution in [0.2, 0.25) is 0 Å². The molecule has 36 heavy (non-hydrogen) atoms. The van der Waals surface area contributed by atoms with E-state index in [-0.39, 0.29) is 22.4 Å². The zero-order valence-corrected chi connectivity index (χ0v) is 20.6. The van der Waals surface area contributed by atoms with Crippen LogP contribution in [0.5, 0.6) is 11.5 Å². The number of phenolic OH excluding ortho intramolecular Hbond substituents is 1. The molecule has 0 aromatic heterocycles. The Bertz CT molecular complexity index is 1320.